The van der Waals surface area contributed by atoms with Crippen LogP contribution in [-0.4, -0.2) is 61.8 Å². The Labute approximate surface area is 185 Å². The number of nitrogens with zero attached hydrogens (tertiary/aromatic N) is 3. The molecular formula is C22H24ClN3O3S. The van der Waals surface area contributed by atoms with Crippen LogP contribution in [0.1, 0.15) is 5.56 Å². The molecule has 0 spiro atoms. The van der Waals surface area contributed by atoms with Crippen LogP contribution in [0.3, 0.4) is 0 Å². The molecule has 0 aliphatic carbocycles. The first-order chi connectivity index (χ1) is 14.6. The molecule has 1 fully saturated rings. The molecule has 8 heteroatoms. The van der Waals surface area contributed by atoms with Crippen molar-refractivity contribution >= 4 is 44.2 Å². The second-order valence-electron chi connectivity index (χ2n) is 7.17. The lowest BCUT2D eigenvalue weighted by Gasteiger charge is -2.29. The number of thiazole rings is 1. The summed E-state index contributed by atoms with van der Waals surface area (Å²) in [5.41, 5.74) is 1.88. The van der Waals surface area contributed by atoms with Gasteiger partial charge < -0.3 is 9.47 Å². The lowest BCUT2D eigenvalue weighted by molar-refractivity contribution is -0.120. The number of halogens is 1. The first-order valence-corrected chi connectivity index (χ1v) is 11.1. The van der Waals surface area contributed by atoms with Crippen LogP contribution in [0.15, 0.2) is 42.5 Å². The highest BCUT2D eigenvalue weighted by Gasteiger charge is 2.22. The molecule has 0 radical (unpaired) electrons. The van der Waals surface area contributed by atoms with E-state index >= 15 is 0 Å². The highest BCUT2D eigenvalue weighted by molar-refractivity contribution is 7.22. The normalized spacial score (nSPS) is 14.7. The van der Waals surface area contributed by atoms with Gasteiger partial charge in [-0.25, -0.2) is 4.98 Å². The topological polar surface area (TPSA) is 54.9 Å². The molecule has 158 valence electrons. The summed E-state index contributed by atoms with van der Waals surface area (Å²) in [6, 6.07) is 13.2. The third kappa shape index (κ3) is 5.10. The minimum absolute atomic E-state index is 0.0389. The summed E-state index contributed by atoms with van der Waals surface area (Å²) in [4.78, 5) is 21.9. The molecule has 30 heavy (non-hydrogen) atoms. The molecule has 3 aromatic rings. The quantitative estimate of drug-likeness (QED) is 0.550. The maximum atomic E-state index is 13.1. The Morgan fingerprint density at radius 3 is 2.80 bits per heavy atom. The zero-order valence-electron chi connectivity index (χ0n) is 16.8. The molecular weight excluding hydrogens is 422 g/mol. The monoisotopic (exact) mass is 445 g/mol. The number of aromatic nitrogens is 1. The van der Waals surface area contributed by atoms with Crippen molar-refractivity contribution < 1.29 is 14.3 Å². The molecule has 1 aliphatic heterocycles. The van der Waals surface area contributed by atoms with E-state index in [1.807, 2.05) is 49.4 Å². The maximum absolute atomic E-state index is 13.1. The van der Waals surface area contributed by atoms with Gasteiger partial charge in [-0.3, -0.25) is 14.6 Å². The Bertz CT molecular complexity index is 1010. The minimum Gasteiger partial charge on any atom is -0.484 e. The van der Waals surface area contributed by atoms with E-state index in [4.69, 9.17) is 26.1 Å². The second-order valence-corrected chi connectivity index (χ2v) is 8.61. The SMILES string of the molecule is Cc1cc(Cl)cc2sc(N(CCN3CCOCC3)C(=O)COc3ccccc3)nc12. The predicted molar refractivity (Wildman–Crippen MR) is 121 cm³/mol. The van der Waals surface area contributed by atoms with Crippen LogP contribution in [0, 0.1) is 6.92 Å². The van der Waals surface area contributed by atoms with Crippen molar-refractivity contribution in [3.05, 3.63) is 53.1 Å². The number of hydrogen-bond donors (Lipinski definition) is 0. The fraction of sp³-hybridized carbons (Fsp3) is 0.364. The van der Waals surface area contributed by atoms with Crippen LogP contribution in [0.4, 0.5) is 5.13 Å². The molecule has 4 rings (SSSR count). The predicted octanol–water partition coefficient (Wildman–Crippen LogP) is 4.00. The molecule has 1 saturated heterocycles. The summed E-state index contributed by atoms with van der Waals surface area (Å²) in [5, 5.41) is 1.35. The molecule has 2 aromatic carbocycles. The van der Waals surface area contributed by atoms with E-state index in [1.165, 1.54) is 11.3 Å². The van der Waals surface area contributed by atoms with Crippen LogP contribution in [0.2, 0.25) is 5.02 Å². The number of benzene rings is 2. The molecule has 0 atom stereocenters. The highest BCUT2D eigenvalue weighted by Crippen LogP contribution is 2.33. The maximum Gasteiger partial charge on any atom is 0.266 e. The van der Waals surface area contributed by atoms with Gasteiger partial charge in [-0.15, -0.1) is 0 Å². The number of amides is 1. The molecule has 2 heterocycles. The molecule has 0 bridgehead atoms. The van der Waals surface area contributed by atoms with Crippen LogP contribution in [-0.2, 0) is 9.53 Å². The van der Waals surface area contributed by atoms with Crippen LogP contribution < -0.4 is 9.64 Å². The Kier molecular flexibility index (Phi) is 6.84. The molecule has 0 unspecified atom stereocenters. The summed E-state index contributed by atoms with van der Waals surface area (Å²) in [7, 11) is 0. The molecule has 0 saturated carbocycles. The largest absolute Gasteiger partial charge is 0.484 e. The van der Waals surface area contributed by atoms with E-state index in [1.54, 1.807) is 4.90 Å². The summed E-state index contributed by atoms with van der Waals surface area (Å²) in [6.45, 7) is 6.45. The van der Waals surface area contributed by atoms with Gasteiger partial charge in [-0.1, -0.05) is 41.1 Å². The van der Waals surface area contributed by atoms with Gasteiger partial charge in [0.05, 0.1) is 23.4 Å². The van der Waals surface area contributed by atoms with E-state index in [2.05, 4.69) is 4.90 Å². The van der Waals surface area contributed by atoms with Gasteiger partial charge in [0.25, 0.3) is 5.91 Å². The summed E-state index contributed by atoms with van der Waals surface area (Å²) in [5.74, 6) is 0.556. The van der Waals surface area contributed by atoms with Gasteiger partial charge >= 0.3 is 0 Å². The smallest absolute Gasteiger partial charge is 0.266 e. The van der Waals surface area contributed by atoms with Gasteiger partial charge in [0.2, 0.25) is 0 Å². The number of carbonyl (C=O) groups excluding carboxylic acids is 1. The van der Waals surface area contributed by atoms with Crippen LogP contribution in [0.5, 0.6) is 5.75 Å². The summed E-state index contributed by atoms with van der Waals surface area (Å²) >= 11 is 7.70. The van der Waals surface area contributed by atoms with Gasteiger partial charge in [0, 0.05) is 31.2 Å². The van der Waals surface area contributed by atoms with Crippen molar-refractivity contribution in [2.45, 2.75) is 6.92 Å². The first-order valence-electron chi connectivity index (χ1n) is 9.95. The third-order valence-electron chi connectivity index (χ3n) is 5.02. The highest BCUT2D eigenvalue weighted by atomic mass is 35.5. The zero-order chi connectivity index (χ0) is 20.9. The molecule has 1 aliphatic rings. The fourth-order valence-corrected chi connectivity index (χ4v) is 4.85. The number of morpholine rings is 1. The second kappa shape index (κ2) is 9.75. The Morgan fingerprint density at radius 2 is 2.03 bits per heavy atom. The Balaban J connectivity index is 1.54. The molecule has 1 aromatic heterocycles. The average Bonchev–Trinajstić information content (AvgIpc) is 3.18. The lowest BCUT2D eigenvalue weighted by Crippen LogP contribution is -2.44. The van der Waals surface area contributed by atoms with E-state index < -0.39 is 0 Å². The van der Waals surface area contributed by atoms with Crippen molar-refractivity contribution in [3.63, 3.8) is 0 Å². The van der Waals surface area contributed by atoms with E-state index in [-0.39, 0.29) is 12.5 Å². The molecule has 6 nitrogen and oxygen atoms in total. The molecule has 1 amide bonds. The minimum atomic E-state index is -0.116. The fourth-order valence-electron chi connectivity index (χ4n) is 3.39. The number of fused-ring (bicyclic) bond motifs is 1. The van der Waals surface area contributed by atoms with Gasteiger partial charge in [0.15, 0.2) is 11.7 Å². The van der Waals surface area contributed by atoms with Crippen molar-refractivity contribution in [2.24, 2.45) is 0 Å². The first kappa shape index (κ1) is 21.1. The standard InChI is InChI=1S/C22H24ClN3O3S/c1-16-13-17(23)14-19-21(16)24-22(30-19)26(8-7-25-9-11-28-12-10-25)20(27)15-29-18-5-3-2-4-6-18/h2-6,13-14H,7-12,15H2,1H3. The van der Waals surface area contributed by atoms with Crippen LogP contribution >= 0.6 is 22.9 Å². The number of ether oxygens (including phenoxy) is 2. The van der Waals surface area contributed by atoms with E-state index in [0.717, 1.165) is 48.6 Å². The number of carbonyl (C=O) groups is 1. The number of anilines is 1. The molecule has 0 N–H and O–H groups in total. The number of aryl methyl sites for hydroxylation is 1. The summed E-state index contributed by atoms with van der Waals surface area (Å²) in [6.07, 6.45) is 0. The average molecular weight is 446 g/mol. The number of para-hydroxylation sites is 1. The Morgan fingerprint density at radius 1 is 1.27 bits per heavy atom. The zero-order valence-corrected chi connectivity index (χ0v) is 18.4. The summed E-state index contributed by atoms with van der Waals surface area (Å²) < 4.78 is 12.1. The van der Waals surface area contributed by atoms with E-state index in [9.17, 15) is 4.79 Å². The number of hydrogen-bond acceptors (Lipinski definition) is 6. The van der Waals surface area contributed by atoms with Crippen molar-refractivity contribution in [1.29, 1.82) is 0 Å². The lowest BCUT2D eigenvalue weighted by atomic mass is 10.2. The van der Waals surface area contributed by atoms with E-state index in [0.29, 0.717) is 22.4 Å². The van der Waals surface area contributed by atoms with Gasteiger partial charge in [-0.2, -0.15) is 0 Å². The van der Waals surface area contributed by atoms with Crippen molar-refractivity contribution in [3.8, 4) is 5.75 Å². The van der Waals surface area contributed by atoms with Crippen molar-refractivity contribution in [2.75, 3.05) is 50.9 Å². The number of rotatable bonds is 7. The third-order valence-corrected chi connectivity index (χ3v) is 6.26. The van der Waals surface area contributed by atoms with Gasteiger partial charge in [-0.05, 0) is 36.8 Å². The van der Waals surface area contributed by atoms with Crippen LogP contribution in [0.25, 0.3) is 10.2 Å². The Hall–Kier alpha value is -2.19. The van der Waals surface area contributed by atoms with Gasteiger partial charge in [0.1, 0.15) is 5.75 Å². The van der Waals surface area contributed by atoms with Crippen molar-refractivity contribution in [1.82, 2.24) is 9.88 Å².